The molecule has 0 saturated carbocycles. The second-order valence-electron chi connectivity index (χ2n) is 4.00. The molecule has 0 spiro atoms. The molecule has 94 valence electrons. The second-order valence-corrected chi connectivity index (χ2v) is 4.00. The molecule has 5 nitrogen and oxygen atoms in total. The number of aliphatic hydroxyl groups is 1. The highest BCUT2D eigenvalue weighted by Gasteiger charge is 2.42. The van der Waals surface area contributed by atoms with Gasteiger partial charge in [-0.05, 0) is 12.5 Å². The van der Waals surface area contributed by atoms with E-state index in [0.29, 0.717) is 5.56 Å². The molecule has 2 atom stereocenters. The summed E-state index contributed by atoms with van der Waals surface area (Å²) in [5.41, 5.74) is 4.96. The highest BCUT2D eigenvalue weighted by atomic mass is 16.7. The van der Waals surface area contributed by atoms with E-state index in [9.17, 15) is 9.90 Å². The van der Waals surface area contributed by atoms with E-state index in [-0.39, 0.29) is 0 Å². The minimum Gasteiger partial charge on any atom is -0.377 e. The minimum absolute atomic E-state index is 0.402. The van der Waals surface area contributed by atoms with E-state index in [1.165, 1.54) is 14.2 Å². The zero-order valence-electron chi connectivity index (χ0n) is 10.3. The average molecular weight is 238 g/mol. The molecule has 0 bridgehead atoms. The Morgan fingerprint density at radius 2 is 2.00 bits per heavy atom. The Bertz CT molecular complexity index is 381. The molecule has 1 aromatic carbocycles. The lowest BCUT2D eigenvalue weighted by molar-refractivity contribution is -0.179. The fourth-order valence-electron chi connectivity index (χ4n) is 1.62. The van der Waals surface area contributed by atoms with Crippen molar-refractivity contribution in [2.24, 2.45) is 5.73 Å². The summed E-state index contributed by atoms with van der Waals surface area (Å²) < 4.78 is 0. The van der Waals surface area contributed by atoms with Gasteiger partial charge in [-0.3, -0.25) is 9.63 Å². The normalized spacial score (nSPS) is 16.1. The highest BCUT2D eigenvalue weighted by Crippen LogP contribution is 2.27. The lowest BCUT2D eigenvalue weighted by atomic mass is 9.80. The average Bonchev–Trinajstić information content (AvgIpc) is 2.36. The van der Waals surface area contributed by atoms with Gasteiger partial charge in [0.2, 0.25) is 0 Å². The van der Waals surface area contributed by atoms with Crippen LogP contribution in [0.5, 0.6) is 0 Å². The number of likely N-dealkylation sites (N-methyl/N-ethyl adjacent to an activating group) is 1. The van der Waals surface area contributed by atoms with Crippen molar-refractivity contribution in [1.82, 2.24) is 5.06 Å². The van der Waals surface area contributed by atoms with E-state index >= 15 is 0 Å². The van der Waals surface area contributed by atoms with Crippen LogP contribution in [-0.2, 0) is 15.0 Å². The number of amides is 1. The van der Waals surface area contributed by atoms with E-state index in [0.717, 1.165) is 5.06 Å². The third-order valence-electron chi connectivity index (χ3n) is 2.97. The maximum Gasteiger partial charge on any atom is 0.260 e. The third-order valence-corrected chi connectivity index (χ3v) is 2.97. The lowest BCUT2D eigenvalue weighted by Gasteiger charge is -2.33. The van der Waals surface area contributed by atoms with Crippen molar-refractivity contribution in [2.75, 3.05) is 14.2 Å². The number of hydroxylamine groups is 2. The Labute approximate surface area is 101 Å². The van der Waals surface area contributed by atoms with Gasteiger partial charge in [-0.1, -0.05) is 30.3 Å². The number of hydrogen-bond acceptors (Lipinski definition) is 4. The van der Waals surface area contributed by atoms with Crippen molar-refractivity contribution in [3.8, 4) is 0 Å². The summed E-state index contributed by atoms with van der Waals surface area (Å²) >= 11 is 0. The summed E-state index contributed by atoms with van der Waals surface area (Å²) in [5, 5.41) is 10.8. The van der Waals surface area contributed by atoms with E-state index in [1.807, 2.05) is 6.07 Å². The third kappa shape index (κ3) is 2.46. The van der Waals surface area contributed by atoms with E-state index in [4.69, 9.17) is 10.6 Å². The van der Waals surface area contributed by atoms with Crippen molar-refractivity contribution in [3.05, 3.63) is 35.9 Å². The number of aliphatic hydroxyl groups excluding tert-OH is 1. The fourth-order valence-corrected chi connectivity index (χ4v) is 1.62. The van der Waals surface area contributed by atoms with Crippen LogP contribution in [0.1, 0.15) is 12.5 Å². The Morgan fingerprint density at radius 3 is 2.41 bits per heavy atom. The van der Waals surface area contributed by atoms with Crippen molar-refractivity contribution in [3.63, 3.8) is 0 Å². The predicted octanol–water partition coefficient (Wildman–Crippen LogP) is 0.241. The Balaban J connectivity index is 3.20. The molecule has 0 aromatic heterocycles. The maximum atomic E-state index is 12.2. The first-order valence-electron chi connectivity index (χ1n) is 5.26. The van der Waals surface area contributed by atoms with Gasteiger partial charge in [-0.15, -0.1) is 0 Å². The summed E-state index contributed by atoms with van der Waals surface area (Å²) in [6, 6.07) is 8.90. The summed E-state index contributed by atoms with van der Waals surface area (Å²) in [4.78, 5) is 17.0. The zero-order valence-corrected chi connectivity index (χ0v) is 10.3. The monoisotopic (exact) mass is 238 g/mol. The molecule has 0 unspecified atom stereocenters. The maximum absolute atomic E-state index is 12.2. The van der Waals surface area contributed by atoms with Crippen molar-refractivity contribution >= 4 is 5.91 Å². The first-order chi connectivity index (χ1) is 7.94. The molecule has 1 aromatic rings. The molecule has 0 heterocycles. The first kappa shape index (κ1) is 13.6. The predicted molar refractivity (Wildman–Crippen MR) is 63.8 cm³/mol. The summed E-state index contributed by atoms with van der Waals surface area (Å²) in [5.74, 6) is -0.402. The SMILES string of the molecule is CON(C)C(=O)[C@](C)(c1ccccc1)[C@@H](N)O. The van der Waals surface area contributed by atoms with Gasteiger partial charge >= 0.3 is 0 Å². The van der Waals surface area contributed by atoms with Gasteiger partial charge in [0.1, 0.15) is 11.6 Å². The molecular weight excluding hydrogens is 220 g/mol. The molecule has 0 aliphatic heterocycles. The standard InChI is InChI=1S/C12H18N2O3/c1-12(10(13)15,11(16)14(2)17-3)9-7-5-4-6-8-9/h4-8,10,15H,13H2,1-3H3/t10-,12+/m0/s1. The molecule has 0 saturated heterocycles. The topological polar surface area (TPSA) is 75.8 Å². The Hall–Kier alpha value is -1.43. The van der Waals surface area contributed by atoms with Gasteiger partial charge in [-0.25, -0.2) is 5.06 Å². The number of carbonyl (C=O) groups excluding carboxylic acids is 1. The van der Waals surface area contributed by atoms with Gasteiger partial charge in [0.05, 0.1) is 7.11 Å². The van der Waals surface area contributed by atoms with E-state index in [2.05, 4.69) is 0 Å². The van der Waals surface area contributed by atoms with Gasteiger partial charge in [-0.2, -0.15) is 0 Å². The molecule has 0 aliphatic rings. The smallest absolute Gasteiger partial charge is 0.260 e. The van der Waals surface area contributed by atoms with Crippen LogP contribution in [0, 0.1) is 0 Å². The number of carbonyl (C=O) groups is 1. The molecule has 1 amide bonds. The zero-order chi connectivity index (χ0) is 13.1. The number of benzene rings is 1. The van der Waals surface area contributed by atoms with Gasteiger partial charge < -0.3 is 10.8 Å². The number of rotatable bonds is 4. The molecule has 17 heavy (non-hydrogen) atoms. The van der Waals surface area contributed by atoms with Crippen LogP contribution in [0.4, 0.5) is 0 Å². The minimum atomic E-state index is -1.31. The van der Waals surface area contributed by atoms with Gasteiger partial charge in [0.15, 0.2) is 0 Å². The van der Waals surface area contributed by atoms with Crippen LogP contribution in [-0.4, -0.2) is 36.5 Å². The molecule has 1 rings (SSSR count). The lowest BCUT2D eigenvalue weighted by Crippen LogP contribution is -2.54. The second kappa shape index (κ2) is 5.27. The molecular formula is C12H18N2O3. The van der Waals surface area contributed by atoms with Crippen LogP contribution in [0.3, 0.4) is 0 Å². The van der Waals surface area contributed by atoms with Crippen LogP contribution in [0.2, 0.25) is 0 Å². The number of nitrogens with zero attached hydrogens (tertiary/aromatic N) is 1. The Morgan fingerprint density at radius 1 is 1.47 bits per heavy atom. The van der Waals surface area contributed by atoms with Crippen molar-refractivity contribution in [2.45, 2.75) is 18.6 Å². The van der Waals surface area contributed by atoms with Crippen LogP contribution in [0.25, 0.3) is 0 Å². The largest absolute Gasteiger partial charge is 0.377 e. The van der Waals surface area contributed by atoms with Crippen LogP contribution in [0.15, 0.2) is 30.3 Å². The number of nitrogens with two attached hydrogens (primary N) is 1. The van der Waals surface area contributed by atoms with Crippen LogP contribution < -0.4 is 5.73 Å². The van der Waals surface area contributed by atoms with Crippen LogP contribution >= 0.6 is 0 Å². The summed E-state index contributed by atoms with van der Waals surface area (Å²) in [6.45, 7) is 1.59. The van der Waals surface area contributed by atoms with Crippen molar-refractivity contribution in [1.29, 1.82) is 0 Å². The first-order valence-corrected chi connectivity index (χ1v) is 5.26. The molecule has 0 fully saturated rings. The van der Waals surface area contributed by atoms with E-state index < -0.39 is 17.6 Å². The summed E-state index contributed by atoms with van der Waals surface area (Å²) in [6.07, 6.45) is -1.31. The molecule has 0 radical (unpaired) electrons. The van der Waals surface area contributed by atoms with E-state index in [1.54, 1.807) is 31.2 Å². The van der Waals surface area contributed by atoms with Gasteiger partial charge in [0, 0.05) is 7.05 Å². The quantitative estimate of drug-likeness (QED) is 0.582. The fraction of sp³-hybridized carbons (Fsp3) is 0.417. The van der Waals surface area contributed by atoms with Crippen molar-refractivity contribution < 1.29 is 14.7 Å². The molecule has 0 aliphatic carbocycles. The molecule has 3 N–H and O–H groups in total. The Kier molecular flexibility index (Phi) is 4.22. The summed E-state index contributed by atoms with van der Waals surface area (Å²) in [7, 11) is 2.86. The highest BCUT2D eigenvalue weighted by molar-refractivity contribution is 5.87. The number of hydrogen-bond donors (Lipinski definition) is 2. The molecule has 5 heteroatoms. The van der Waals surface area contributed by atoms with Gasteiger partial charge in [0.25, 0.3) is 5.91 Å².